The molecule has 0 spiro atoms. The number of thiophene rings is 1. The van der Waals surface area contributed by atoms with Gasteiger partial charge in [0.05, 0.1) is 16.5 Å². The summed E-state index contributed by atoms with van der Waals surface area (Å²) in [4.78, 5) is 39.1. The lowest BCUT2D eigenvalue weighted by molar-refractivity contribution is 0.0178. The van der Waals surface area contributed by atoms with Crippen LogP contribution < -0.4 is 5.32 Å². The molecule has 1 aromatic carbocycles. The molecule has 3 aromatic rings. The van der Waals surface area contributed by atoms with Crippen molar-refractivity contribution in [3.8, 4) is 0 Å². The molecule has 4 atom stereocenters. The number of rotatable bonds is 6. The van der Waals surface area contributed by atoms with Crippen LogP contribution in [0.3, 0.4) is 0 Å². The minimum Gasteiger partial charge on any atom is -0.444 e. The minimum atomic E-state index is -0.647. The number of ketones is 1. The number of carbonyl (C=O) groups excluding carboxylic acids is 2. The smallest absolute Gasteiger partial charge is 0.411 e. The predicted molar refractivity (Wildman–Crippen MR) is 161 cm³/mol. The monoisotopic (exact) mass is 596 g/mol. The topological polar surface area (TPSA) is 105 Å². The maximum atomic E-state index is 13.9. The van der Waals surface area contributed by atoms with E-state index in [1.54, 1.807) is 11.1 Å². The number of hydrogen-bond donors (Lipinski definition) is 2. The van der Waals surface area contributed by atoms with Gasteiger partial charge in [0.15, 0.2) is 0 Å². The van der Waals surface area contributed by atoms with Crippen LogP contribution >= 0.6 is 22.9 Å². The van der Waals surface area contributed by atoms with Gasteiger partial charge in [-0.15, -0.1) is 11.3 Å². The van der Waals surface area contributed by atoms with Gasteiger partial charge in [0.2, 0.25) is 5.78 Å². The standard InChI is InChI=1S/C31H37ClN4O4S/c1-17-10-22(11-20(17)15-37)35-29-25(14-33-16-34-29)28(38)26-13-23(18(2)41-26)27-24-12-21(32)7-6-19(24)8-9-36(27)30(39)40-31(3,4)5/h6-7,12-14,16-17,20,22,27,37H,8-11,15H2,1-5H3,(H,33,34,35)/t17-,20+,22-,27-/m0/s1. The van der Waals surface area contributed by atoms with Crippen molar-refractivity contribution in [1.29, 1.82) is 0 Å². The van der Waals surface area contributed by atoms with Gasteiger partial charge in [-0.1, -0.05) is 24.6 Å². The number of ether oxygens (including phenoxy) is 1. The summed E-state index contributed by atoms with van der Waals surface area (Å²) in [5.74, 6) is 0.943. The van der Waals surface area contributed by atoms with E-state index in [2.05, 4.69) is 22.2 Å². The number of aromatic nitrogens is 2. The van der Waals surface area contributed by atoms with Gasteiger partial charge < -0.3 is 15.2 Å². The van der Waals surface area contributed by atoms with Crippen molar-refractivity contribution in [2.45, 2.75) is 71.6 Å². The Labute approximate surface area is 250 Å². The molecule has 0 saturated heterocycles. The number of amides is 1. The molecule has 2 aromatic heterocycles. The van der Waals surface area contributed by atoms with Gasteiger partial charge in [-0.05, 0) is 93.7 Å². The van der Waals surface area contributed by atoms with Gasteiger partial charge in [0, 0.05) is 35.3 Å². The van der Waals surface area contributed by atoms with Gasteiger partial charge in [0.25, 0.3) is 0 Å². The molecule has 5 rings (SSSR count). The average molecular weight is 597 g/mol. The third-order valence-corrected chi connectivity index (χ3v) is 9.32. The molecule has 41 heavy (non-hydrogen) atoms. The van der Waals surface area contributed by atoms with Crippen molar-refractivity contribution in [2.24, 2.45) is 11.8 Å². The highest BCUT2D eigenvalue weighted by Gasteiger charge is 2.37. The first-order chi connectivity index (χ1) is 19.4. The van der Waals surface area contributed by atoms with Crippen LogP contribution in [0, 0.1) is 18.8 Å². The zero-order valence-corrected chi connectivity index (χ0v) is 25.7. The number of benzene rings is 1. The van der Waals surface area contributed by atoms with Crippen molar-refractivity contribution in [1.82, 2.24) is 14.9 Å². The molecule has 8 nitrogen and oxygen atoms in total. The fourth-order valence-electron chi connectivity index (χ4n) is 5.96. The second kappa shape index (κ2) is 11.7. The Morgan fingerprint density at radius 1 is 1.22 bits per heavy atom. The Balaban J connectivity index is 1.49. The molecule has 0 radical (unpaired) electrons. The van der Waals surface area contributed by atoms with Gasteiger partial charge in [-0.25, -0.2) is 14.8 Å². The van der Waals surface area contributed by atoms with E-state index >= 15 is 0 Å². The number of nitrogens with one attached hydrogen (secondary N) is 1. The van der Waals surface area contributed by atoms with E-state index in [4.69, 9.17) is 16.3 Å². The summed E-state index contributed by atoms with van der Waals surface area (Å²) in [5.41, 5.74) is 2.68. The number of hydrogen-bond acceptors (Lipinski definition) is 8. The number of carbonyl (C=O) groups is 2. The molecule has 2 aliphatic rings. The SMILES string of the molecule is Cc1sc(C(=O)c2cncnc2N[C@@H]2C[C@H](CO)[C@@H](C)C2)cc1[C@H]1c2cc(Cl)ccc2CCN1C(=O)OC(C)(C)C. The Morgan fingerprint density at radius 2 is 2.00 bits per heavy atom. The second-order valence-corrected chi connectivity index (χ2v) is 13.8. The number of halogens is 1. The highest BCUT2D eigenvalue weighted by Crippen LogP contribution is 2.42. The highest BCUT2D eigenvalue weighted by atomic mass is 35.5. The molecule has 218 valence electrons. The first kappa shape index (κ1) is 29.5. The highest BCUT2D eigenvalue weighted by molar-refractivity contribution is 7.14. The molecular formula is C31H37ClN4O4S. The van der Waals surface area contributed by atoms with E-state index in [1.807, 2.05) is 52.0 Å². The number of aryl methyl sites for hydroxylation is 1. The molecule has 1 aliphatic heterocycles. The van der Waals surface area contributed by atoms with E-state index in [-0.39, 0.29) is 24.3 Å². The summed E-state index contributed by atoms with van der Waals surface area (Å²) in [6, 6.07) is 7.35. The van der Waals surface area contributed by atoms with Crippen molar-refractivity contribution >= 4 is 40.6 Å². The molecule has 3 heterocycles. The maximum absolute atomic E-state index is 13.9. The molecule has 0 bridgehead atoms. The number of nitrogens with zero attached hydrogens (tertiary/aromatic N) is 3. The Bertz CT molecular complexity index is 1450. The van der Waals surface area contributed by atoms with Crippen LogP contribution in [0.15, 0.2) is 36.8 Å². The molecule has 1 aliphatic carbocycles. The van der Waals surface area contributed by atoms with E-state index < -0.39 is 17.7 Å². The third-order valence-electron chi connectivity index (χ3n) is 8.02. The third kappa shape index (κ3) is 6.27. The fourth-order valence-corrected chi connectivity index (χ4v) is 7.15. The first-order valence-electron chi connectivity index (χ1n) is 14.1. The van der Waals surface area contributed by atoms with Crippen LogP contribution in [0.1, 0.15) is 83.4 Å². The molecule has 1 saturated carbocycles. The zero-order chi connectivity index (χ0) is 29.5. The largest absolute Gasteiger partial charge is 0.444 e. The van der Waals surface area contributed by atoms with E-state index in [1.165, 1.54) is 17.7 Å². The Kier molecular flexibility index (Phi) is 8.41. The summed E-state index contributed by atoms with van der Waals surface area (Å²) < 4.78 is 5.79. The maximum Gasteiger partial charge on any atom is 0.411 e. The molecule has 0 unspecified atom stereocenters. The van der Waals surface area contributed by atoms with E-state index in [0.29, 0.717) is 40.2 Å². The number of aliphatic hydroxyl groups excluding tert-OH is 1. The molecule has 1 amide bonds. The summed E-state index contributed by atoms with van der Waals surface area (Å²) in [7, 11) is 0. The van der Waals surface area contributed by atoms with E-state index in [0.717, 1.165) is 34.4 Å². The van der Waals surface area contributed by atoms with Crippen molar-refractivity contribution in [3.05, 3.63) is 73.8 Å². The Morgan fingerprint density at radius 3 is 2.71 bits per heavy atom. The predicted octanol–water partition coefficient (Wildman–Crippen LogP) is 6.43. The fraction of sp³-hybridized carbons (Fsp3) is 0.484. The minimum absolute atomic E-state index is 0.120. The van der Waals surface area contributed by atoms with Crippen LogP contribution in [-0.4, -0.2) is 56.6 Å². The lowest BCUT2D eigenvalue weighted by Gasteiger charge is -2.38. The molecular weight excluding hydrogens is 560 g/mol. The van der Waals surface area contributed by atoms with Gasteiger partial charge in [-0.2, -0.15) is 0 Å². The number of fused-ring (bicyclic) bond motifs is 1. The normalized spacial score (nSPS) is 22.4. The van der Waals surface area contributed by atoms with Crippen molar-refractivity contribution in [2.75, 3.05) is 18.5 Å². The van der Waals surface area contributed by atoms with E-state index in [9.17, 15) is 14.7 Å². The molecule has 1 fully saturated rings. The van der Waals surface area contributed by atoms with Gasteiger partial charge in [-0.3, -0.25) is 9.69 Å². The van der Waals surface area contributed by atoms with Crippen LogP contribution in [0.4, 0.5) is 10.6 Å². The summed E-state index contributed by atoms with van der Waals surface area (Å²) in [6.45, 7) is 10.3. The van der Waals surface area contributed by atoms with Crippen LogP contribution in [0.5, 0.6) is 0 Å². The number of anilines is 1. The summed E-state index contributed by atoms with van der Waals surface area (Å²) in [5, 5.41) is 13.7. The van der Waals surface area contributed by atoms with Gasteiger partial charge in [0.1, 0.15) is 17.7 Å². The molecule has 2 N–H and O–H groups in total. The molecule has 10 heteroatoms. The Hall–Kier alpha value is -3.01. The quantitative estimate of drug-likeness (QED) is 0.316. The lowest BCUT2D eigenvalue weighted by Crippen LogP contribution is -2.43. The van der Waals surface area contributed by atoms with Crippen molar-refractivity contribution < 1.29 is 19.4 Å². The van der Waals surface area contributed by atoms with Crippen LogP contribution in [0.2, 0.25) is 5.02 Å². The van der Waals surface area contributed by atoms with Crippen molar-refractivity contribution in [3.63, 3.8) is 0 Å². The second-order valence-electron chi connectivity index (χ2n) is 12.1. The van der Waals surface area contributed by atoms with Crippen LogP contribution in [0.25, 0.3) is 0 Å². The zero-order valence-electron chi connectivity index (χ0n) is 24.1. The lowest BCUT2D eigenvalue weighted by atomic mass is 9.88. The first-order valence-corrected chi connectivity index (χ1v) is 15.2. The van der Waals surface area contributed by atoms with Gasteiger partial charge >= 0.3 is 6.09 Å². The number of aliphatic hydroxyl groups is 1. The summed E-state index contributed by atoms with van der Waals surface area (Å²) >= 11 is 7.83. The average Bonchev–Trinajstić information content (AvgIpc) is 3.48. The van der Waals surface area contributed by atoms with Crippen LogP contribution in [-0.2, 0) is 11.2 Å². The summed E-state index contributed by atoms with van der Waals surface area (Å²) in [6.07, 6.45) is 4.99.